The molecule has 1 heterocycles. The van der Waals surface area contributed by atoms with Gasteiger partial charge in [-0.3, -0.25) is 4.79 Å². The van der Waals surface area contributed by atoms with E-state index < -0.39 is 11.4 Å². The van der Waals surface area contributed by atoms with Gasteiger partial charge in [-0.15, -0.1) is 0 Å². The van der Waals surface area contributed by atoms with Crippen molar-refractivity contribution in [1.29, 1.82) is 0 Å². The van der Waals surface area contributed by atoms with Crippen LogP contribution in [0, 0.1) is 13.8 Å². The largest absolute Gasteiger partial charge is 0.494 e. The summed E-state index contributed by atoms with van der Waals surface area (Å²) in [5.41, 5.74) is 2.34. The Kier molecular flexibility index (Phi) is 3.42. The van der Waals surface area contributed by atoms with E-state index in [-0.39, 0.29) is 0 Å². The molecule has 1 N–H and O–H groups in total. The molecule has 0 saturated carbocycles. The van der Waals surface area contributed by atoms with Gasteiger partial charge >= 0.3 is 5.97 Å². The van der Waals surface area contributed by atoms with Crippen LogP contribution in [0.1, 0.15) is 30.7 Å². The molecule has 0 aliphatic heterocycles. The molecule has 4 heteroatoms. The lowest BCUT2D eigenvalue weighted by Crippen LogP contribution is -2.29. The molecule has 0 saturated heterocycles. The van der Waals surface area contributed by atoms with Crippen LogP contribution in [0.4, 0.5) is 0 Å². The van der Waals surface area contributed by atoms with Crippen molar-refractivity contribution >= 4 is 16.9 Å². The number of rotatable bonds is 3. The number of aliphatic carboxylic acids is 1. The molecule has 4 nitrogen and oxygen atoms in total. The van der Waals surface area contributed by atoms with Crippen molar-refractivity contribution < 1.29 is 14.6 Å². The number of hydrogen-bond acceptors (Lipinski definition) is 3. The molecule has 2 aromatic rings. The molecule has 0 aliphatic carbocycles. The Hall–Kier alpha value is -2.10. The van der Waals surface area contributed by atoms with Crippen LogP contribution < -0.4 is 4.74 Å². The van der Waals surface area contributed by atoms with Gasteiger partial charge in [0.25, 0.3) is 0 Å². The number of nitrogens with zero attached hydrogens (tertiary/aromatic N) is 1. The van der Waals surface area contributed by atoms with E-state index in [0.29, 0.717) is 11.4 Å². The molecule has 2 rings (SSSR count). The van der Waals surface area contributed by atoms with Gasteiger partial charge in [-0.25, -0.2) is 4.98 Å². The topological polar surface area (TPSA) is 59.4 Å². The van der Waals surface area contributed by atoms with E-state index in [1.165, 1.54) is 0 Å². The first-order chi connectivity index (χ1) is 9.28. The van der Waals surface area contributed by atoms with Crippen molar-refractivity contribution in [3.8, 4) is 5.75 Å². The number of aryl methyl sites for hydroxylation is 2. The second-order valence-corrected chi connectivity index (χ2v) is 5.56. The van der Waals surface area contributed by atoms with Gasteiger partial charge in [-0.2, -0.15) is 0 Å². The summed E-state index contributed by atoms with van der Waals surface area (Å²) in [7, 11) is 1.59. The summed E-state index contributed by atoms with van der Waals surface area (Å²) in [5, 5.41) is 10.4. The van der Waals surface area contributed by atoms with Crippen molar-refractivity contribution in [2.45, 2.75) is 33.1 Å². The first-order valence-electron chi connectivity index (χ1n) is 6.48. The Balaban J connectivity index is 2.84. The Morgan fingerprint density at radius 1 is 1.25 bits per heavy atom. The second kappa shape index (κ2) is 4.78. The number of methoxy groups -OCH3 is 1. The quantitative estimate of drug-likeness (QED) is 0.932. The lowest BCUT2D eigenvalue weighted by atomic mass is 9.87. The first-order valence-corrected chi connectivity index (χ1v) is 6.48. The molecule has 0 spiro atoms. The monoisotopic (exact) mass is 273 g/mol. The van der Waals surface area contributed by atoms with Gasteiger partial charge in [0.1, 0.15) is 16.7 Å². The summed E-state index contributed by atoms with van der Waals surface area (Å²) in [6, 6.07) is 5.70. The average molecular weight is 273 g/mol. The van der Waals surface area contributed by atoms with Gasteiger partial charge in [-0.1, -0.05) is 6.07 Å². The highest BCUT2D eigenvalue weighted by molar-refractivity contribution is 5.91. The maximum atomic E-state index is 11.4. The van der Waals surface area contributed by atoms with Crippen molar-refractivity contribution in [2.75, 3.05) is 7.11 Å². The maximum absolute atomic E-state index is 11.4. The number of fused-ring (bicyclic) bond motifs is 1. The predicted molar refractivity (Wildman–Crippen MR) is 78.4 cm³/mol. The van der Waals surface area contributed by atoms with Gasteiger partial charge in [0, 0.05) is 5.39 Å². The molecular weight excluding hydrogens is 254 g/mol. The van der Waals surface area contributed by atoms with E-state index >= 15 is 0 Å². The molecule has 0 aliphatic rings. The minimum atomic E-state index is -1.03. The van der Waals surface area contributed by atoms with Gasteiger partial charge < -0.3 is 9.84 Å². The number of ether oxygens (including phenoxy) is 1. The number of carboxylic acid groups (broad SMARTS) is 1. The number of pyridine rings is 1. The van der Waals surface area contributed by atoms with E-state index in [1.54, 1.807) is 21.0 Å². The lowest BCUT2D eigenvalue weighted by Gasteiger charge is -2.21. The summed E-state index contributed by atoms with van der Waals surface area (Å²) in [4.78, 5) is 16.0. The number of carboxylic acids is 1. The molecule has 1 aromatic carbocycles. The molecule has 0 amide bonds. The number of carbonyl (C=O) groups is 1. The van der Waals surface area contributed by atoms with Crippen LogP contribution >= 0.6 is 0 Å². The predicted octanol–water partition coefficient (Wildman–Crippen LogP) is 3.22. The Bertz CT molecular complexity index is 690. The highest BCUT2D eigenvalue weighted by atomic mass is 16.5. The minimum Gasteiger partial charge on any atom is -0.494 e. The Morgan fingerprint density at radius 2 is 1.90 bits per heavy atom. The highest BCUT2D eigenvalue weighted by Crippen LogP contribution is 2.32. The zero-order valence-corrected chi connectivity index (χ0v) is 12.4. The summed E-state index contributed by atoms with van der Waals surface area (Å²) in [6.45, 7) is 7.30. The van der Waals surface area contributed by atoms with Gasteiger partial charge in [0.05, 0.1) is 12.8 Å². The Labute approximate surface area is 118 Å². The van der Waals surface area contributed by atoms with Gasteiger partial charge in [0.2, 0.25) is 0 Å². The van der Waals surface area contributed by atoms with Gasteiger partial charge in [-0.05, 0) is 51.0 Å². The van der Waals surface area contributed by atoms with Crippen LogP contribution in [0.3, 0.4) is 0 Å². The molecule has 0 atom stereocenters. The van der Waals surface area contributed by atoms with E-state index in [4.69, 9.17) is 4.74 Å². The fourth-order valence-corrected chi connectivity index (χ4v) is 2.31. The van der Waals surface area contributed by atoms with Crippen LogP contribution in [0.25, 0.3) is 10.9 Å². The molecule has 0 bridgehead atoms. The summed E-state index contributed by atoms with van der Waals surface area (Å²) >= 11 is 0. The summed E-state index contributed by atoms with van der Waals surface area (Å²) < 4.78 is 5.36. The fourth-order valence-electron chi connectivity index (χ4n) is 2.31. The maximum Gasteiger partial charge on any atom is 0.315 e. The SMILES string of the molecule is COc1ccc(C)c2c(C)cc(C(C)(C)C(=O)O)nc12. The lowest BCUT2D eigenvalue weighted by molar-refractivity contribution is -0.142. The van der Waals surface area contributed by atoms with Crippen molar-refractivity contribution in [3.63, 3.8) is 0 Å². The number of hydrogen-bond donors (Lipinski definition) is 1. The minimum absolute atomic E-state index is 0.541. The van der Waals surface area contributed by atoms with Crippen LogP contribution in [0.5, 0.6) is 5.75 Å². The van der Waals surface area contributed by atoms with Crippen molar-refractivity contribution in [3.05, 3.63) is 35.0 Å². The third-order valence-corrected chi connectivity index (χ3v) is 3.72. The Morgan fingerprint density at radius 3 is 2.45 bits per heavy atom. The molecule has 0 radical (unpaired) electrons. The molecule has 106 valence electrons. The summed E-state index contributed by atoms with van der Waals surface area (Å²) in [6.07, 6.45) is 0. The smallest absolute Gasteiger partial charge is 0.315 e. The first kappa shape index (κ1) is 14.3. The van der Waals surface area contributed by atoms with Crippen molar-refractivity contribution in [2.24, 2.45) is 0 Å². The van der Waals surface area contributed by atoms with Crippen LogP contribution in [0.2, 0.25) is 0 Å². The third-order valence-electron chi connectivity index (χ3n) is 3.72. The molecule has 0 fully saturated rings. The average Bonchev–Trinajstić information content (AvgIpc) is 2.38. The molecule has 1 aromatic heterocycles. The van der Waals surface area contributed by atoms with Gasteiger partial charge in [0.15, 0.2) is 0 Å². The van der Waals surface area contributed by atoms with Crippen molar-refractivity contribution in [1.82, 2.24) is 4.98 Å². The molecule has 0 unspecified atom stereocenters. The summed E-state index contributed by atoms with van der Waals surface area (Å²) in [5.74, 6) is -0.230. The van der Waals surface area contributed by atoms with E-state index in [0.717, 1.165) is 22.0 Å². The third kappa shape index (κ3) is 2.11. The van der Waals surface area contributed by atoms with Crippen LogP contribution in [-0.4, -0.2) is 23.2 Å². The van der Waals surface area contributed by atoms with Crippen LogP contribution in [-0.2, 0) is 10.2 Å². The standard InChI is InChI=1S/C16H19NO3/c1-9-6-7-11(20-5)14-13(9)10(2)8-12(17-14)16(3,4)15(18)19/h6-8H,1-5H3,(H,18,19). The van der Waals surface area contributed by atoms with E-state index in [2.05, 4.69) is 4.98 Å². The fraction of sp³-hybridized carbons (Fsp3) is 0.375. The number of aromatic nitrogens is 1. The number of benzene rings is 1. The zero-order valence-electron chi connectivity index (χ0n) is 12.4. The highest BCUT2D eigenvalue weighted by Gasteiger charge is 2.32. The van der Waals surface area contributed by atoms with Crippen LogP contribution in [0.15, 0.2) is 18.2 Å². The van der Waals surface area contributed by atoms with E-state index in [9.17, 15) is 9.90 Å². The normalized spacial score (nSPS) is 11.7. The zero-order chi connectivity index (χ0) is 15.1. The molecule has 20 heavy (non-hydrogen) atoms. The second-order valence-electron chi connectivity index (χ2n) is 5.56. The molecular formula is C16H19NO3. The van der Waals surface area contributed by atoms with E-state index in [1.807, 2.05) is 32.0 Å².